The van der Waals surface area contributed by atoms with Gasteiger partial charge in [-0.2, -0.15) is 0 Å². The maximum atomic E-state index is 12.2. The van der Waals surface area contributed by atoms with E-state index in [0.717, 1.165) is 35.5 Å². The number of halogens is 1. The van der Waals surface area contributed by atoms with Crippen LogP contribution >= 0.6 is 27.3 Å². The lowest BCUT2D eigenvalue weighted by Gasteiger charge is -2.16. The molecule has 0 aliphatic carbocycles. The Morgan fingerprint density at radius 3 is 2.69 bits per heavy atom. The highest BCUT2D eigenvalue weighted by molar-refractivity contribution is 9.10. The molecule has 1 aromatic rings. The molecule has 2 aliphatic heterocycles. The van der Waals surface area contributed by atoms with E-state index in [2.05, 4.69) is 21.2 Å². The molecule has 0 bridgehead atoms. The third-order valence-corrected chi connectivity index (χ3v) is 5.31. The highest BCUT2D eigenvalue weighted by Crippen LogP contribution is 2.30. The molecule has 2 aliphatic rings. The van der Waals surface area contributed by atoms with Gasteiger partial charge in [0.1, 0.15) is 4.88 Å². The van der Waals surface area contributed by atoms with Crippen molar-refractivity contribution in [1.29, 1.82) is 0 Å². The predicted molar refractivity (Wildman–Crippen MR) is 67.8 cm³/mol. The summed E-state index contributed by atoms with van der Waals surface area (Å²) in [6.45, 7) is 3.97. The predicted octanol–water partition coefficient (Wildman–Crippen LogP) is 1.80. The lowest BCUT2D eigenvalue weighted by Crippen LogP contribution is -2.31. The number of fused-ring (bicyclic) bond motifs is 1. The normalized spacial score (nSPS) is 28.4. The van der Waals surface area contributed by atoms with Crippen molar-refractivity contribution in [3.05, 3.63) is 20.8 Å². The first-order valence-electron chi connectivity index (χ1n) is 5.48. The van der Waals surface area contributed by atoms with Gasteiger partial charge in [0.15, 0.2) is 0 Å². The van der Waals surface area contributed by atoms with Gasteiger partial charge < -0.3 is 10.2 Å². The minimum absolute atomic E-state index is 0.191. The number of nitrogens with one attached hydrogen (secondary N) is 1. The molecule has 2 saturated heterocycles. The van der Waals surface area contributed by atoms with Gasteiger partial charge in [-0.1, -0.05) is 0 Å². The fourth-order valence-corrected chi connectivity index (χ4v) is 4.12. The molecular weight excluding hydrogens is 288 g/mol. The van der Waals surface area contributed by atoms with E-state index in [4.69, 9.17) is 0 Å². The van der Waals surface area contributed by atoms with E-state index >= 15 is 0 Å². The van der Waals surface area contributed by atoms with Gasteiger partial charge in [0.2, 0.25) is 0 Å². The molecule has 2 atom stereocenters. The summed E-state index contributed by atoms with van der Waals surface area (Å²) in [6, 6.07) is 1.94. The number of carbonyl (C=O) groups is 1. The summed E-state index contributed by atoms with van der Waals surface area (Å²) in [5.41, 5.74) is 0. The van der Waals surface area contributed by atoms with Crippen molar-refractivity contribution in [1.82, 2.24) is 10.2 Å². The van der Waals surface area contributed by atoms with E-state index in [-0.39, 0.29) is 5.91 Å². The highest BCUT2D eigenvalue weighted by atomic mass is 79.9. The van der Waals surface area contributed by atoms with Gasteiger partial charge in [0.25, 0.3) is 5.91 Å². The van der Waals surface area contributed by atoms with Gasteiger partial charge in [-0.3, -0.25) is 4.79 Å². The molecule has 3 nitrogen and oxygen atoms in total. The molecule has 1 amide bonds. The molecule has 5 heteroatoms. The van der Waals surface area contributed by atoms with Crippen LogP contribution in [0.25, 0.3) is 0 Å². The van der Waals surface area contributed by atoms with E-state index in [0.29, 0.717) is 11.8 Å². The van der Waals surface area contributed by atoms with Crippen LogP contribution in [-0.2, 0) is 0 Å². The fraction of sp³-hybridized carbons (Fsp3) is 0.545. The zero-order valence-electron chi connectivity index (χ0n) is 8.78. The van der Waals surface area contributed by atoms with Crippen LogP contribution in [0.1, 0.15) is 9.67 Å². The van der Waals surface area contributed by atoms with E-state index < -0.39 is 0 Å². The van der Waals surface area contributed by atoms with Gasteiger partial charge in [-0.15, -0.1) is 11.3 Å². The molecule has 1 N–H and O–H groups in total. The van der Waals surface area contributed by atoms with Crippen LogP contribution in [0.15, 0.2) is 15.9 Å². The Morgan fingerprint density at radius 1 is 1.44 bits per heavy atom. The average Bonchev–Trinajstić information content (AvgIpc) is 2.89. The minimum Gasteiger partial charge on any atom is -0.337 e. The van der Waals surface area contributed by atoms with Crippen LogP contribution in [-0.4, -0.2) is 37.0 Å². The molecule has 86 valence electrons. The number of amides is 1. The number of hydrogen-bond donors (Lipinski definition) is 1. The van der Waals surface area contributed by atoms with Crippen molar-refractivity contribution in [3.63, 3.8) is 0 Å². The standard InChI is InChI=1S/C11H13BrN2OS/c12-9-1-2-16-10(9)11(15)14-5-7-3-13-4-8(7)6-14/h1-2,7-8,13H,3-6H2/t7-,8+. The Balaban J connectivity index is 1.75. The van der Waals surface area contributed by atoms with Gasteiger partial charge in [0, 0.05) is 30.7 Å². The minimum atomic E-state index is 0.191. The van der Waals surface area contributed by atoms with Crippen LogP contribution in [0.5, 0.6) is 0 Å². The molecule has 2 fully saturated rings. The number of nitrogens with zero attached hydrogens (tertiary/aromatic N) is 1. The van der Waals surface area contributed by atoms with Crippen LogP contribution in [0, 0.1) is 11.8 Å². The summed E-state index contributed by atoms with van der Waals surface area (Å²) in [5, 5.41) is 5.34. The first-order chi connectivity index (χ1) is 7.75. The third-order valence-electron chi connectivity index (χ3n) is 3.49. The summed E-state index contributed by atoms with van der Waals surface area (Å²) in [7, 11) is 0. The van der Waals surface area contributed by atoms with Gasteiger partial charge in [0.05, 0.1) is 0 Å². The Kier molecular flexibility index (Phi) is 2.77. The van der Waals surface area contributed by atoms with Crippen molar-refractivity contribution in [2.24, 2.45) is 11.8 Å². The van der Waals surface area contributed by atoms with E-state index in [1.54, 1.807) is 0 Å². The summed E-state index contributed by atoms with van der Waals surface area (Å²) in [5.74, 6) is 1.53. The molecule has 0 radical (unpaired) electrons. The van der Waals surface area contributed by atoms with Crippen LogP contribution in [0.4, 0.5) is 0 Å². The van der Waals surface area contributed by atoms with Crippen molar-refractivity contribution in [2.45, 2.75) is 0 Å². The lowest BCUT2D eigenvalue weighted by molar-refractivity contribution is 0.0785. The molecule has 3 rings (SSSR count). The van der Waals surface area contributed by atoms with Crippen molar-refractivity contribution >= 4 is 33.2 Å². The molecule has 0 spiro atoms. The molecule has 3 heterocycles. The summed E-state index contributed by atoms with van der Waals surface area (Å²) < 4.78 is 0.928. The zero-order valence-corrected chi connectivity index (χ0v) is 11.2. The maximum absolute atomic E-state index is 12.2. The topological polar surface area (TPSA) is 32.3 Å². The first-order valence-corrected chi connectivity index (χ1v) is 7.16. The Hall–Kier alpha value is -0.390. The quantitative estimate of drug-likeness (QED) is 0.858. The Morgan fingerprint density at radius 2 is 2.12 bits per heavy atom. The van der Waals surface area contributed by atoms with Gasteiger partial charge in [-0.05, 0) is 39.2 Å². The summed E-state index contributed by atoms with van der Waals surface area (Å²) >= 11 is 4.94. The zero-order chi connectivity index (χ0) is 11.1. The van der Waals surface area contributed by atoms with Crippen LogP contribution in [0.3, 0.4) is 0 Å². The number of hydrogen-bond acceptors (Lipinski definition) is 3. The summed E-state index contributed by atoms with van der Waals surface area (Å²) in [4.78, 5) is 15.1. The Labute approximate surface area is 107 Å². The second kappa shape index (κ2) is 4.13. The van der Waals surface area contributed by atoms with E-state index in [9.17, 15) is 4.79 Å². The van der Waals surface area contributed by atoms with Crippen LogP contribution < -0.4 is 5.32 Å². The van der Waals surface area contributed by atoms with Crippen molar-refractivity contribution in [3.8, 4) is 0 Å². The largest absolute Gasteiger partial charge is 0.337 e. The SMILES string of the molecule is O=C(c1sccc1Br)N1C[C@H]2CNC[C@H]2C1. The van der Waals surface area contributed by atoms with E-state index in [1.807, 2.05) is 16.3 Å². The summed E-state index contributed by atoms with van der Waals surface area (Å²) in [6.07, 6.45) is 0. The Bertz CT molecular complexity index is 408. The van der Waals surface area contributed by atoms with Crippen LogP contribution in [0.2, 0.25) is 0 Å². The monoisotopic (exact) mass is 300 g/mol. The molecule has 0 unspecified atom stereocenters. The first kappa shape index (κ1) is 10.7. The lowest BCUT2D eigenvalue weighted by atomic mass is 10.0. The number of carbonyl (C=O) groups excluding carboxylic acids is 1. The molecular formula is C11H13BrN2OS. The van der Waals surface area contributed by atoms with Crippen molar-refractivity contribution < 1.29 is 4.79 Å². The maximum Gasteiger partial charge on any atom is 0.265 e. The molecule has 0 saturated carbocycles. The molecule has 16 heavy (non-hydrogen) atoms. The van der Waals surface area contributed by atoms with Gasteiger partial charge in [-0.25, -0.2) is 0 Å². The fourth-order valence-electron chi connectivity index (χ4n) is 2.61. The number of likely N-dealkylation sites (tertiary alicyclic amines) is 1. The number of thiophene rings is 1. The third kappa shape index (κ3) is 1.71. The van der Waals surface area contributed by atoms with Crippen molar-refractivity contribution in [2.75, 3.05) is 26.2 Å². The average molecular weight is 301 g/mol. The van der Waals surface area contributed by atoms with Gasteiger partial charge >= 0.3 is 0 Å². The number of rotatable bonds is 1. The second-order valence-electron chi connectivity index (χ2n) is 4.49. The smallest absolute Gasteiger partial charge is 0.265 e. The highest BCUT2D eigenvalue weighted by Gasteiger charge is 2.38. The second-order valence-corrected chi connectivity index (χ2v) is 6.26. The molecule has 1 aromatic heterocycles. The molecule has 0 aromatic carbocycles. The van der Waals surface area contributed by atoms with E-state index in [1.165, 1.54) is 11.3 Å².